The second kappa shape index (κ2) is 10.0. The van der Waals surface area contributed by atoms with E-state index in [-0.39, 0.29) is 30.0 Å². The molecule has 1 amide bonds. The second-order valence-electron chi connectivity index (χ2n) is 8.98. The van der Waals surface area contributed by atoms with Crippen molar-refractivity contribution in [1.29, 1.82) is 0 Å². The average molecular weight is 460 g/mol. The van der Waals surface area contributed by atoms with Crippen molar-refractivity contribution in [1.82, 2.24) is 14.9 Å². The quantitative estimate of drug-likeness (QED) is 0.408. The highest BCUT2D eigenvalue weighted by Crippen LogP contribution is 2.26. The molecule has 0 bridgehead atoms. The normalized spacial score (nSPS) is 16.9. The maximum atomic E-state index is 12.5. The third kappa shape index (κ3) is 5.58. The minimum absolute atomic E-state index is 0.0526. The Morgan fingerprint density at radius 2 is 2.00 bits per heavy atom. The van der Waals surface area contributed by atoms with E-state index in [4.69, 9.17) is 4.74 Å². The Kier molecular flexibility index (Phi) is 6.88. The molecule has 1 aliphatic rings. The number of hydrogen-bond donors (Lipinski definition) is 2. The first-order chi connectivity index (χ1) is 16.3. The van der Waals surface area contributed by atoms with Crippen molar-refractivity contribution in [2.24, 2.45) is 0 Å². The van der Waals surface area contributed by atoms with E-state index in [1.165, 1.54) is 12.4 Å². The molecule has 0 radical (unpaired) electrons. The third-order valence-electron chi connectivity index (χ3n) is 5.91. The van der Waals surface area contributed by atoms with E-state index in [9.17, 15) is 9.59 Å². The second-order valence-corrected chi connectivity index (χ2v) is 8.98. The van der Waals surface area contributed by atoms with Crippen LogP contribution in [0.15, 0.2) is 67.0 Å². The van der Waals surface area contributed by atoms with Crippen molar-refractivity contribution in [3.8, 4) is 0 Å². The zero-order valence-corrected chi connectivity index (χ0v) is 19.6. The summed E-state index contributed by atoms with van der Waals surface area (Å²) in [5.41, 5.74) is 2.31. The van der Waals surface area contributed by atoms with Crippen LogP contribution in [0, 0.1) is 0 Å². The molecule has 3 aromatic rings. The Hall–Kier alpha value is -3.78. The van der Waals surface area contributed by atoms with Gasteiger partial charge in [0.2, 0.25) is 5.91 Å². The lowest BCUT2D eigenvalue weighted by Gasteiger charge is -2.40. The van der Waals surface area contributed by atoms with Gasteiger partial charge in [-0.15, -0.1) is 0 Å². The summed E-state index contributed by atoms with van der Waals surface area (Å²) in [6.45, 7) is 7.12. The number of nitrogens with one attached hydrogen (secondary N) is 2. The maximum Gasteiger partial charge on any atom is 0.320 e. The lowest BCUT2D eigenvalue weighted by molar-refractivity contribution is -0.159. The van der Waals surface area contributed by atoms with E-state index < -0.39 is 0 Å². The highest BCUT2D eigenvalue weighted by atomic mass is 16.5. The Labute approximate surface area is 199 Å². The molecule has 8 nitrogen and oxygen atoms in total. The van der Waals surface area contributed by atoms with Gasteiger partial charge in [-0.2, -0.15) is 0 Å². The molecule has 1 saturated heterocycles. The van der Waals surface area contributed by atoms with Crippen LogP contribution in [-0.2, 0) is 14.3 Å². The molecule has 2 N–H and O–H groups in total. The Morgan fingerprint density at radius 1 is 1.21 bits per heavy atom. The summed E-state index contributed by atoms with van der Waals surface area (Å²) < 4.78 is 5.12. The topological polar surface area (TPSA) is 96.5 Å². The van der Waals surface area contributed by atoms with Gasteiger partial charge in [-0.05, 0) is 44.5 Å². The standard InChI is InChI=1S/C26H29N5O3/c1-18(19-8-5-4-6-9-19)29-25-21-14-20(11-12-22(21)27-17-28-25)30-23(32)10-7-13-31-15-24(33)34-16-26(31,2)3/h4-12,14,17-18H,13,15-16H2,1-3H3,(H,30,32)(H,27,28,29)/t18-/m1/s1. The fourth-order valence-corrected chi connectivity index (χ4v) is 3.83. The molecule has 2 aromatic carbocycles. The number of amides is 1. The van der Waals surface area contributed by atoms with Crippen molar-refractivity contribution in [3.05, 3.63) is 72.6 Å². The minimum Gasteiger partial charge on any atom is -0.463 e. The maximum absolute atomic E-state index is 12.5. The number of morpholine rings is 1. The molecular weight excluding hydrogens is 430 g/mol. The van der Waals surface area contributed by atoms with Crippen LogP contribution in [0.25, 0.3) is 10.9 Å². The van der Waals surface area contributed by atoms with Crippen LogP contribution in [-0.4, -0.2) is 52.0 Å². The van der Waals surface area contributed by atoms with Gasteiger partial charge < -0.3 is 15.4 Å². The summed E-state index contributed by atoms with van der Waals surface area (Å²) in [6.07, 6.45) is 4.77. The molecule has 0 saturated carbocycles. The van der Waals surface area contributed by atoms with Crippen LogP contribution in [0.4, 0.5) is 11.5 Å². The van der Waals surface area contributed by atoms with E-state index in [0.29, 0.717) is 24.7 Å². The predicted octanol–water partition coefficient (Wildman–Crippen LogP) is 3.94. The van der Waals surface area contributed by atoms with E-state index in [1.54, 1.807) is 6.08 Å². The number of cyclic esters (lactones) is 1. The first kappa shape index (κ1) is 23.4. The Bertz CT molecular complexity index is 1210. The summed E-state index contributed by atoms with van der Waals surface area (Å²) in [6, 6.07) is 15.7. The highest BCUT2D eigenvalue weighted by Gasteiger charge is 2.33. The zero-order valence-electron chi connectivity index (χ0n) is 19.6. The molecule has 8 heteroatoms. The molecule has 2 heterocycles. The molecule has 176 valence electrons. The first-order valence-corrected chi connectivity index (χ1v) is 11.3. The number of esters is 1. The summed E-state index contributed by atoms with van der Waals surface area (Å²) in [7, 11) is 0. The smallest absolute Gasteiger partial charge is 0.320 e. The van der Waals surface area contributed by atoms with E-state index in [1.807, 2.05) is 55.1 Å². The third-order valence-corrected chi connectivity index (χ3v) is 5.91. The van der Waals surface area contributed by atoms with Crippen molar-refractivity contribution in [2.45, 2.75) is 32.4 Å². The average Bonchev–Trinajstić information content (AvgIpc) is 2.82. The van der Waals surface area contributed by atoms with Crippen LogP contribution in [0.5, 0.6) is 0 Å². The first-order valence-electron chi connectivity index (χ1n) is 11.3. The molecule has 4 rings (SSSR count). The fourth-order valence-electron chi connectivity index (χ4n) is 3.83. The molecule has 0 unspecified atom stereocenters. The largest absolute Gasteiger partial charge is 0.463 e. The van der Waals surface area contributed by atoms with Gasteiger partial charge in [-0.1, -0.05) is 36.4 Å². The number of nitrogens with zero attached hydrogens (tertiary/aromatic N) is 3. The number of benzene rings is 2. The van der Waals surface area contributed by atoms with Gasteiger partial charge in [0, 0.05) is 29.7 Å². The number of rotatable bonds is 7. The minimum atomic E-state index is -0.270. The van der Waals surface area contributed by atoms with Gasteiger partial charge in [-0.25, -0.2) is 9.97 Å². The van der Waals surface area contributed by atoms with Crippen LogP contribution < -0.4 is 10.6 Å². The van der Waals surface area contributed by atoms with Gasteiger partial charge in [-0.3, -0.25) is 14.5 Å². The lowest BCUT2D eigenvalue weighted by Crippen LogP contribution is -2.54. The highest BCUT2D eigenvalue weighted by molar-refractivity contribution is 6.01. The summed E-state index contributed by atoms with van der Waals surface area (Å²) in [5, 5.41) is 7.16. The molecular formula is C26H29N5O3. The van der Waals surface area contributed by atoms with E-state index >= 15 is 0 Å². The molecule has 1 fully saturated rings. The predicted molar refractivity (Wildman–Crippen MR) is 132 cm³/mol. The lowest BCUT2D eigenvalue weighted by atomic mass is 10.0. The Morgan fingerprint density at radius 3 is 2.79 bits per heavy atom. The number of anilines is 2. The van der Waals surface area contributed by atoms with E-state index in [0.717, 1.165) is 16.5 Å². The van der Waals surface area contributed by atoms with Crippen molar-refractivity contribution < 1.29 is 14.3 Å². The molecule has 1 atom stereocenters. The van der Waals surface area contributed by atoms with Crippen LogP contribution in [0.2, 0.25) is 0 Å². The monoisotopic (exact) mass is 459 g/mol. The molecule has 0 spiro atoms. The number of ether oxygens (including phenoxy) is 1. The van der Waals surface area contributed by atoms with Gasteiger partial charge in [0.1, 0.15) is 18.8 Å². The number of fused-ring (bicyclic) bond motifs is 1. The summed E-state index contributed by atoms with van der Waals surface area (Å²) >= 11 is 0. The SMILES string of the molecule is C[C@@H](Nc1ncnc2ccc(NC(=O)C=CCN3CC(=O)OCC3(C)C)cc12)c1ccccc1. The van der Waals surface area contributed by atoms with E-state index in [2.05, 4.69) is 39.7 Å². The Balaban J connectivity index is 1.44. The number of carbonyl (C=O) groups excluding carboxylic acids is 2. The van der Waals surface area contributed by atoms with Crippen LogP contribution >= 0.6 is 0 Å². The molecule has 0 aliphatic carbocycles. The molecule has 1 aromatic heterocycles. The van der Waals surface area contributed by atoms with Crippen molar-refractivity contribution in [3.63, 3.8) is 0 Å². The fraction of sp³-hybridized carbons (Fsp3) is 0.308. The zero-order chi connectivity index (χ0) is 24.1. The van der Waals surface area contributed by atoms with Crippen LogP contribution in [0.3, 0.4) is 0 Å². The molecule has 1 aliphatic heterocycles. The van der Waals surface area contributed by atoms with Gasteiger partial charge in [0.25, 0.3) is 0 Å². The van der Waals surface area contributed by atoms with Crippen molar-refractivity contribution in [2.75, 3.05) is 30.3 Å². The van der Waals surface area contributed by atoms with Gasteiger partial charge >= 0.3 is 5.97 Å². The number of aromatic nitrogens is 2. The number of carbonyl (C=O) groups is 2. The summed E-state index contributed by atoms with van der Waals surface area (Å²) in [5.74, 6) is 0.203. The summed E-state index contributed by atoms with van der Waals surface area (Å²) in [4.78, 5) is 34.9. The number of hydrogen-bond acceptors (Lipinski definition) is 7. The van der Waals surface area contributed by atoms with Crippen molar-refractivity contribution >= 4 is 34.3 Å². The van der Waals surface area contributed by atoms with Gasteiger partial charge in [0.15, 0.2) is 0 Å². The molecule has 34 heavy (non-hydrogen) atoms. The van der Waals surface area contributed by atoms with Gasteiger partial charge in [0.05, 0.1) is 17.6 Å². The van der Waals surface area contributed by atoms with Crippen LogP contribution in [0.1, 0.15) is 32.4 Å².